The third kappa shape index (κ3) is 5.22. The third-order valence-electron chi connectivity index (χ3n) is 3.88. The largest absolute Gasteiger partial charge is 0.492 e. The highest BCUT2D eigenvalue weighted by Crippen LogP contribution is 2.17. The number of guanidine groups is 1. The van der Waals surface area contributed by atoms with Crippen LogP contribution in [-0.4, -0.2) is 50.2 Å². The summed E-state index contributed by atoms with van der Waals surface area (Å²) in [6.07, 6.45) is 1.11. The van der Waals surface area contributed by atoms with Crippen LogP contribution in [0, 0.1) is 0 Å². The van der Waals surface area contributed by atoms with Gasteiger partial charge in [-0.15, -0.1) is 0 Å². The molecule has 122 valence electrons. The number of likely N-dealkylation sites (N-methyl/N-ethyl adjacent to an activating group) is 1. The van der Waals surface area contributed by atoms with Crippen LogP contribution in [-0.2, 0) is 6.54 Å². The lowest BCUT2D eigenvalue weighted by molar-refractivity contribution is 0.221. The summed E-state index contributed by atoms with van der Waals surface area (Å²) in [6.45, 7) is 10.8. The van der Waals surface area contributed by atoms with Gasteiger partial charge >= 0.3 is 0 Å². The second-order valence-corrected chi connectivity index (χ2v) is 5.35. The van der Waals surface area contributed by atoms with Crippen LogP contribution in [0.4, 0.5) is 0 Å². The summed E-state index contributed by atoms with van der Waals surface area (Å²) in [6, 6.07) is 8.20. The molecule has 1 aliphatic heterocycles. The molecule has 2 N–H and O–H groups in total. The Morgan fingerprint density at radius 3 is 2.82 bits per heavy atom. The van der Waals surface area contributed by atoms with E-state index in [4.69, 9.17) is 4.74 Å². The molecule has 0 saturated carbocycles. The van der Waals surface area contributed by atoms with Crippen LogP contribution in [0.2, 0.25) is 0 Å². The quantitative estimate of drug-likeness (QED) is 0.769. The molecule has 1 aromatic carbocycles. The highest BCUT2D eigenvalue weighted by Gasteiger charge is 2.07. The minimum atomic E-state index is 0.720. The van der Waals surface area contributed by atoms with Crippen molar-refractivity contribution in [3.8, 4) is 5.75 Å². The van der Waals surface area contributed by atoms with Gasteiger partial charge < -0.3 is 20.3 Å². The number of hydrogen-bond acceptors (Lipinski definition) is 5. The molecule has 1 heterocycles. The van der Waals surface area contributed by atoms with E-state index in [9.17, 15) is 0 Å². The Bertz CT molecular complexity index is 471. The molecule has 0 saturated heterocycles. The van der Waals surface area contributed by atoms with Crippen LogP contribution in [0.25, 0.3) is 0 Å². The van der Waals surface area contributed by atoms with Crippen molar-refractivity contribution in [1.29, 1.82) is 0 Å². The van der Waals surface area contributed by atoms with Gasteiger partial charge in [0.2, 0.25) is 0 Å². The molecule has 0 fully saturated rings. The Balaban J connectivity index is 1.85. The summed E-state index contributed by atoms with van der Waals surface area (Å²) < 4.78 is 5.97. The van der Waals surface area contributed by atoms with E-state index in [1.807, 2.05) is 18.2 Å². The van der Waals surface area contributed by atoms with E-state index in [1.165, 1.54) is 0 Å². The lowest BCUT2D eigenvalue weighted by Gasteiger charge is -2.20. The molecule has 0 amide bonds. The van der Waals surface area contributed by atoms with Crippen molar-refractivity contribution in [2.75, 3.05) is 39.3 Å². The summed E-state index contributed by atoms with van der Waals surface area (Å²) in [5.74, 6) is 1.85. The Kier molecular flexibility index (Phi) is 7.03. The lowest BCUT2D eigenvalue weighted by Crippen LogP contribution is -2.40. The average molecular weight is 304 g/mol. The van der Waals surface area contributed by atoms with Crippen LogP contribution in [0.3, 0.4) is 0 Å². The van der Waals surface area contributed by atoms with Crippen molar-refractivity contribution in [3.63, 3.8) is 0 Å². The van der Waals surface area contributed by atoms with Crippen molar-refractivity contribution in [2.45, 2.75) is 26.8 Å². The zero-order valence-electron chi connectivity index (χ0n) is 13.8. The predicted octanol–water partition coefficient (Wildman–Crippen LogP) is 1.85. The number of nitrogens with zero attached hydrogens (tertiary/aromatic N) is 2. The molecule has 0 bridgehead atoms. The molecule has 22 heavy (non-hydrogen) atoms. The molecule has 0 aliphatic carbocycles. The van der Waals surface area contributed by atoms with E-state index in [2.05, 4.69) is 40.4 Å². The van der Waals surface area contributed by atoms with Crippen molar-refractivity contribution in [1.82, 2.24) is 15.5 Å². The van der Waals surface area contributed by atoms with Gasteiger partial charge in [-0.1, -0.05) is 32.0 Å². The Labute approximate surface area is 133 Å². The van der Waals surface area contributed by atoms with Crippen molar-refractivity contribution in [3.05, 3.63) is 29.8 Å². The Hall–Kier alpha value is -1.75. The molecule has 0 aromatic heterocycles. The maximum absolute atomic E-state index is 5.97. The van der Waals surface area contributed by atoms with E-state index in [0.717, 1.165) is 69.6 Å². The fourth-order valence-electron chi connectivity index (χ4n) is 2.45. The highest BCUT2D eigenvalue weighted by molar-refractivity contribution is 5.80. The van der Waals surface area contributed by atoms with Crippen LogP contribution in [0.15, 0.2) is 29.3 Å². The fourth-order valence-corrected chi connectivity index (χ4v) is 2.45. The topological polar surface area (TPSA) is 48.9 Å². The Morgan fingerprint density at radius 1 is 1.27 bits per heavy atom. The first-order chi connectivity index (χ1) is 10.8. The normalized spacial score (nSPS) is 14.4. The molecule has 0 spiro atoms. The third-order valence-corrected chi connectivity index (χ3v) is 3.88. The van der Waals surface area contributed by atoms with Gasteiger partial charge in [-0.2, -0.15) is 0 Å². The van der Waals surface area contributed by atoms with Crippen molar-refractivity contribution in [2.24, 2.45) is 4.99 Å². The van der Waals surface area contributed by atoms with Crippen LogP contribution >= 0.6 is 0 Å². The molecule has 0 atom stereocenters. The average Bonchev–Trinajstić information content (AvgIpc) is 2.59. The molecule has 0 unspecified atom stereocenters. The van der Waals surface area contributed by atoms with Gasteiger partial charge in [0.15, 0.2) is 5.96 Å². The van der Waals surface area contributed by atoms with Gasteiger partial charge in [0.25, 0.3) is 0 Å². The minimum absolute atomic E-state index is 0.720. The molecule has 5 heteroatoms. The molecule has 5 nitrogen and oxygen atoms in total. The van der Waals surface area contributed by atoms with Crippen LogP contribution < -0.4 is 15.4 Å². The zero-order chi connectivity index (χ0) is 15.6. The van der Waals surface area contributed by atoms with Gasteiger partial charge in [0.05, 0.1) is 0 Å². The van der Waals surface area contributed by atoms with E-state index >= 15 is 0 Å². The summed E-state index contributed by atoms with van der Waals surface area (Å²) in [4.78, 5) is 6.79. The van der Waals surface area contributed by atoms with E-state index in [1.54, 1.807) is 0 Å². The first-order valence-electron chi connectivity index (χ1n) is 8.28. The summed E-state index contributed by atoms with van der Waals surface area (Å²) in [5.41, 5.74) is 1.16. The maximum atomic E-state index is 5.97. The van der Waals surface area contributed by atoms with Gasteiger partial charge in [-0.25, -0.2) is 0 Å². The number of rotatable bonds is 8. The second kappa shape index (κ2) is 9.30. The predicted molar refractivity (Wildman–Crippen MR) is 91.5 cm³/mol. The van der Waals surface area contributed by atoms with E-state index in [-0.39, 0.29) is 0 Å². The molecular formula is C17H28N4O. The molecule has 1 aromatic rings. The SMILES string of the molecule is CCN(CC)CCOc1ccccc1CNC1=NCCCN1. The van der Waals surface area contributed by atoms with Crippen LogP contribution in [0.5, 0.6) is 5.75 Å². The molecule has 1 aliphatic rings. The number of aliphatic imine (C=N–C) groups is 1. The number of ether oxygens (including phenoxy) is 1. The monoisotopic (exact) mass is 304 g/mol. The number of benzene rings is 1. The lowest BCUT2D eigenvalue weighted by atomic mass is 10.2. The first kappa shape index (κ1) is 16.6. The Morgan fingerprint density at radius 2 is 2.09 bits per heavy atom. The first-order valence-corrected chi connectivity index (χ1v) is 8.28. The maximum Gasteiger partial charge on any atom is 0.191 e. The zero-order valence-corrected chi connectivity index (χ0v) is 13.8. The van der Waals surface area contributed by atoms with Crippen molar-refractivity contribution >= 4 is 5.96 Å². The second-order valence-electron chi connectivity index (χ2n) is 5.35. The standard InChI is InChI=1S/C17H28N4O/c1-3-21(4-2)12-13-22-16-9-6-5-8-15(16)14-20-17-18-10-7-11-19-17/h5-6,8-9H,3-4,7,10-14H2,1-2H3,(H2,18,19,20). The number of hydrogen-bond donors (Lipinski definition) is 2. The molecular weight excluding hydrogens is 276 g/mol. The smallest absolute Gasteiger partial charge is 0.191 e. The summed E-state index contributed by atoms with van der Waals surface area (Å²) in [5, 5.41) is 6.62. The molecule has 0 radical (unpaired) electrons. The van der Waals surface area contributed by atoms with E-state index < -0.39 is 0 Å². The van der Waals surface area contributed by atoms with Gasteiger partial charge in [0.1, 0.15) is 12.4 Å². The van der Waals surface area contributed by atoms with Crippen LogP contribution in [0.1, 0.15) is 25.8 Å². The van der Waals surface area contributed by atoms with E-state index in [0.29, 0.717) is 0 Å². The summed E-state index contributed by atoms with van der Waals surface area (Å²) in [7, 11) is 0. The number of para-hydroxylation sites is 1. The molecule has 2 rings (SSSR count). The van der Waals surface area contributed by atoms with Gasteiger partial charge in [-0.05, 0) is 25.6 Å². The highest BCUT2D eigenvalue weighted by atomic mass is 16.5. The summed E-state index contributed by atoms with van der Waals surface area (Å²) >= 11 is 0. The minimum Gasteiger partial charge on any atom is -0.492 e. The van der Waals surface area contributed by atoms with Gasteiger partial charge in [0, 0.05) is 31.7 Å². The van der Waals surface area contributed by atoms with Gasteiger partial charge in [-0.3, -0.25) is 4.99 Å². The number of nitrogens with one attached hydrogen (secondary N) is 2. The fraction of sp³-hybridized carbons (Fsp3) is 0.588. The van der Waals surface area contributed by atoms with Crippen molar-refractivity contribution < 1.29 is 4.74 Å².